The molecule has 0 bridgehead atoms. The molecule has 6 heteroatoms. The van der Waals surface area contributed by atoms with Gasteiger partial charge in [-0.3, -0.25) is 0 Å². The van der Waals surface area contributed by atoms with E-state index in [-0.39, 0.29) is 6.10 Å². The zero-order valence-electron chi connectivity index (χ0n) is 16.2. The van der Waals surface area contributed by atoms with E-state index in [0.29, 0.717) is 5.88 Å². The molecule has 0 amide bonds. The average Bonchev–Trinajstić information content (AvgIpc) is 3.19. The number of nitrogens with zero attached hydrogens (tertiary/aromatic N) is 5. The van der Waals surface area contributed by atoms with Crippen molar-refractivity contribution in [3.05, 3.63) is 78.9 Å². The highest BCUT2D eigenvalue weighted by Gasteiger charge is 2.23. The molecule has 0 aliphatic carbocycles. The molecule has 6 nitrogen and oxygen atoms in total. The molecule has 0 unspecified atom stereocenters. The number of piperidine rings is 1. The van der Waals surface area contributed by atoms with Gasteiger partial charge in [-0.1, -0.05) is 36.4 Å². The Balaban J connectivity index is 1.29. The Morgan fingerprint density at radius 2 is 1.72 bits per heavy atom. The average molecular weight is 385 g/mol. The fourth-order valence-corrected chi connectivity index (χ4v) is 3.88. The number of anilines is 1. The summed E-state index contributed by atoms with van der Waals surface area (Å²) in [5, 5.41) is 0.968. The largest absolute Gasteiger partial charge is 0.474 e. The van der Waals surface area contributed by atoms with Crippen LogP contribution in [0.25, 0.3) is 11.0 Å². The number of rotatable bonds is 5. The summed E-state index contributed by atoms with van der Waals surface area (Å²) in [6.45, 7) is 2.65. The Hall–Kier alpha value is -3.41. The van der Waals surface area contributed by atoms with Gasteiger partial charge in [0.15, 0.2) is 0 Å². The van der Waals surface area contributed by atoms with Crippen molar-refractivity contribution in [1.29, 1.82) is 0 Å². The molecule has 4 aromatic rings. The van der Waals surface area contributed by atoms with Crippen molar-refractivity contribution in [1.82, 2.24) is 19.5 Å². The van der Waals surface area contributed by atoms with Gasteiger partial charge in [0, 0.05) is 44.9 Å². The summed E-state index contributed by atoms with van der Waals surface area (Å²) in [5.41, 5.74) is 2.15. The first-order valence-corrected chi connectivity index (χ1v) is 10.0. The maximum Gasteiger partial charge on any atom is 0.226 e. The first-order chi connectivity index (χ1) is 14.4. The lowest BCUT2D eigenvalue weighted by atomic mass is 10.1. The maximum atomic E-state index is 6.30. The fraction of sp³-hybridized carbons (Fsp3) is 0.261. The van der Waals surface area contributed by atoms with Crippen LogP contribution < -0.4 is 9.64 Å². The highest BCUT2D eigenvalue weighted by molar-refractivity contribution is 5.81. The van der Waals surface area contributed by atoms with E-state index >= 15 is 0 Å². The van der Waals surface area contributed by atoms with Gasteiger partial charge < -0.3 is 14.2 Å². The highest BCUT2D eigenvalue weighted by Crippen LogP contribution is 2.27. The van der Waals surface area contributed by atoms with Crippen LogP contribution in [-0.4, -0.2) is 38.7 Å². The second-order valence-electron chi connectivity index (χ2n) is 7.34. The van der Waals surface area contributed by atoms with E-state index in [2.05, 4.69) is 67.0 Å². The van der Waals surface area contributed by atoms with Crippen LogP contribution in [0.1, 0.15) is 18.4 Å². The molecule has 0 N–H and O–H groups in total. The van der Waals surface area contributed by atoms with Crippen molar-refractivity contribution in [3.8, 4) is 5.88 Å². The summed E-state index contributed by atoms with van der Waals surface area (Å²) in [6.07, 6.45) is 7.56. The van der Waals surface area contributed by atoms with Gasteiger partial charge >= 0.3 is 0 Å². The van der Waals surface area contributed by atoms with Crippen LogP contribution in [0.5, 0.6) is 5.88 Å². The Bertz CT molecular complexity index is 1070. The zero-order valence-corrected chi connectivity index (χ0v) is 16.2. The van der Waals surface area contributed by atoms with Crippen molar-refractivity contribution >= 4 is 16.9 Å². The summed E-state index contributed by atoms with van der Waals surface area (Å²) in [5.74, 6) is 1.71. The number of hydrogen-bond acceptors (Lipinski definition) is 5. The van der Waals surface area contributed by atoms with Gasteiger partial charge in [0.1, 0.15) is 23.9 Å². The Labute approximate surface area is 169 Å². The normalized spacial score (nSPS) is 15.0. The summed E-state index contributed by atoms with van der Waals surface area (Å²) in [7, 11) is 0. The smallest absolute Gasteiger partial charge is 0.226 e. The van der Waals surface area contributed by atoms with Gasteiger partial charge in [-0.2, -0.15) is 0 Å². The van der Waals surface area contributed by atoms with Crippen molar-refractivity contribution in [3.63, 3.8) is 0 Å². The van der Waals surface area contributed by atoms with Crippen molar-refractivity contribution < 1.29 is 4.74 Å². The van der Waals surface area contributed by atoms with Crippen molar-refractivity contribution in [2.75, 3.05) is 18.0 Å². The van der Waals surface area contributed by atoms with Gasteiger partial charge in [-0.05, 0) is 23.8 Å². The maximum absolute atomic E-state index is 6.30. The minimum atomic E-state index is 0.158. The molecule has 4 heterocycles. The molecule has 5 rings (SSSR count). The van der Waals surface area contributed by atoms with Crippen LogP contribution in [0, 0.1) is 0 Å². The third-order valence-electron chi connectivity index (χ3n) is 5.41. The lowest BCUT2D eigenvalue weighted by Crippen LogP contribution is -2.38. The van der Waals surface area contributed by atoms with Crippen LogP contribution in [-0.2, 0) is 6.54 Å². The van der Waals surface area contributed by atoms with E-state index in [1.165, 1.54) is 5.56 Å². The first kappa shape index (κ1) is 17.7. The number of pyridine rings is 1. The third kappa shape index (κ3) is 3.78. The number of aromatic nitrogens is 4. The lowest BCUT2D eigenvalue weighted by Gasteiger charge is -2.32. The summed E-state index contributed by atoms with van der Waals surface area (Å²) in [6, 6.07) is 18.5. The third-order valence-corrected chi connectivity index (χ3v) is 5.41. The van der Waals surface area contributed by atoms with E-state index in [9.17, 15) is 0 Å². The number of hydrogen-bond donors (Lipinski definition) is 0. The van der Waals surface area contributed by atoms with E-state index in [1.54, 1.807) is 6.33 Å². The van der Waals surface area contributed by atoms with E-state index in [1.807, 2.05) is 24.4 Å². The van der Waals surface area contributed by atoms with Crippen LogP contribution in [0.2, 0.25) is 0 Å². The second-order valence-corrected chi connectivity index (χ2v) is 7.34. The quantitative estimate of drug-likeness (QED) is 0.521. The molecule has 0 radical (unpaired) electrons. The molecule has 1 aliphatic heterocycles. The number of ether oxygens (including phenoxy) is 1. The highest BCUT2D eigenvalue weighted by atomic mass is 16.5. The monoisotopic (exact) mass is 385 g/mol. The Kier molecular flexibility index (Phi) is 4.82. The topological polar surface area (TPSA) is 56.1 Å². The first-order valence-electron chi connectivity index (χ1n) is 10.0. The molecule has 3 aromatic heterocycles. The Morgan fingerprint density at radius 1 is 0.897 bits per heavy atom. The van der Waals surface area contributed by atoms with Gasteiger partial charge in [0.2, 0.25) is 5.88 Å². The number of fused-ring (bicyclic) bond motifs is 1. The molecule has 0 saturated carbocycles. The molecular weight excluding hydrogens is 362 g/mol. The predicted molar refractivity (Wildman–Crippen MR) is 113 cm³/mol. The van der Waals surface area contributed by atoms with Gasteiger partial charge in [0.05, 0.1) is 5.39 Å². The standard InChI is InChI=1S/C23H23N5O/c1-2-6-18(7-3-1)16-28-15-11-20-22(28)25-17-26-23(20)29-19-9-13-27(14-10-19)21-8-4-5-12-24-21/h1-8,11-12,15,17,19H,9-10,13-14,16H2. The van der Waals surface area contributed by atoms with Crippen LogP contribution in [0.15, 0.2) is 73.3 Å². The molecule has 1 fully saturated rings. The molecule has 1 aliphatic rings. The van der Waals surface area contributed by atoms with E-state index < -0.39 is 0 Å². The van der Waals surface area contributed by atoms with Crippen molar-refractivity contribution in [2.45, 2.75) is 25.5 Å². The molecule has 29 heavy (non-hydrogen) atoms. The molecule has 0 spiro atoms. The molecule has 0 atom stereocenters. The van der Waals surface area contributed by atoms with Gasteiger partial charge in [0.25, 0.3) is 0 Å². The lowest BCUT2D eigenvalue weighted by molar-refractivity contribution is 0.166. The van der Waals surface area contributed by atoms with Crippen LogP contribution in [0.3, 0.4) is 0 Å². The summed E-state index contributed by atoms with van der Waals surface area (Å²) >= 11 is 0. The van der Waals surface area contributed by atoms with Gasteiger partial charge in [-0.15, -0.1) is 0 Å². The predicted octanol–water partition coefficient (Wildman–Crippen LogP) is 3.92. The fourth-order valence-electron chi connectivity index (χ4n) is 3.88. The molecule has 146 valence electrons. The molecule has 1 aromatic carbocycles. The van der Waals surface area contributed by atoms with Crippen molar-refractivity contribution in [2.24, 2.45) is 0 Å². The zero-order chi connectivity index (χ0) is 19.5. The SMILES string of the molecule is c1ccc(Cn2ccc3c(OC4CCN(c5ccccn5)CC4)ncnc32)cc1. The Morgan fingerprint density at radius 3 is 2.52 bits per heavy atom. The van der Waals surface area contributed by atoms with E-state index in [4.69, 9.17) is 4.74 Å². The minimum Gasteiger partial charge on any atom is -0.474 e. The van der Waals surface area contributed by atoms with Crippen LogP contribution >= 0.6 is 0 Å². The van der Waals surface area contributed by atoms with Gasteiger partial charge in [-0.25, -0.2) is 15.0 Å². The summed E-state index contributed by atoms with van der Waals surface area (Å²) in [4.78, 5) is 15.7. The minimum absolute atomic E-state index is 0.158. The van der Waals surface area contributed by atoms with Crippen LogP contribution in [0.4, 0.5) is 5.82 Å². The molecule has 1 saturated heterocycles. The van der Waals surface area contributed by atoms with E-state index in [0.717, 1.165) is 49.3 Å². The number of benzene rings is 1. The molecular formula is C23H23N5O. The second kappa shape index (κ2) is 7.91. The summed E-state index contributed by atoms with van der Waals surface area (Å²) < 4.78 is 8.45.